The third-order valence-corrected chi connectivity index (χ3v) is 6.11. The minimum atomic E-state index is 0. The molecule has 1 atom stereocenters. The number of carbonyl (C=O) groups excluding carboxylic acids is 1. The Hall–Kier alpha value is -2.37. The third kappa shape index (κ3) is 3.52. The highest BCUT2D eigenvalue weighted by Gasteiger charge is 2.65. The fourth-order valence-corrected chi connectivity index (χ4v) is 4.26. The molecule has 0 bridgehead atoms. The Morgan fingerprint density at radius 2 is 2.14 bits per heavy atom. The van der Waals surface area contributed by atoms with Crippen molar-refractivity contribution in [3.8, 4) is 0 Å². The smallest absolute Gasteiger partial charge is 0.229 e. The van der Waals surface area contributed by atoms with Crippen molar-refractivity contribution < 1.29 is 10.7 Å². The molecular formula is C22H32N4O2. The van der Waals surface area contributed by atoms with E-state index in [1.54, 1.807) is 0 Å². The van der Waals surface area contributed by atoms with Gasteiger partial charge in [0.05, 0.1) is 23.6 Å². The van der Waals surface area contributed by atoms with Crippen molar-refractivity contribution in [3.63, 3.8) is 0 Å². The number of fused-ring (bicyclic) bond motifs is 1. The number of anilines is 2. The predicted octanol–water partition coefficient (Wildman–Crippen LogP) is 4.65. The van der Waals surface area contributed by atoms with Gasteiger partial charge in [0.2, 0.25) is 5.91 Å². The van der Waals surface area contributed by atoms with Crippen molar-refractivity contribution in [2.24, 2.45) is 11.3 Å². The largest absolute Gasteiger partial charge is 0.362 e. The molecule has 6 nitrogen and oxygen atoms in total. The maximum absolute atomic E-state index is 12.5. The number of nitrogens with one attached hydrogen (secondary N) is 1. The van der Waals surface area contributed by atoms with Crippen LogP contribution in [0.4, 0.5) is 11.5 Å². The van der Waals surface area contributed by atoms with Gasteiger partial charge in [-0.3, -0.25) is 4.79 Å². The first-order valence-corrected chi connectivity index (χ1v) is 10.5. The minimum absolute atomic E-state index is 0. The summed E-state index contributed by atoms with van der Waals surface area (Å²) in [5.41, 5.74) is 4.50. The quantitative estimate of drug-likeness (QED) is 0.831. The maximum atomic E-state index is 12.5. The Morgan fingerprint density at radius 1 is 1.36 bits per heavy atom. The normalized spacial score (nSPS) is 20.9. The second kappa shape index (κ2) is 7.22. The van der Waals surface area contributed by atoms with Crippen molar-refractivity contribution in [2.45, 2.75) is 66.3 Å². The van der Waals surface area contributed by atoms with E-state index in [1.807, 2.05) is 33.8 Å². The van der Waals surface area contributed by atoms with Gasteiger partial charge < -0.3 is 14.7 Å². The van der Waals surface area contributed by atoms with E-state index in [4.69, 9.17) is 9.51 Å². The van der Waals surface area contributed by atoms with Crippen LogP contribution in [-0.4, -0.2) is 22.6 Å². The molecular weight excluding hydrogens is 352 g/mol. The van der Waals surface area contributed by atoms with E-state index in [-0.39, 0.29) is 13.3 Å². The Bertz CT molecular complexity index is 891. The van der Waals surface area contributed by atoms with Gasteiger partial charge in [-0.05, 0) is 63.0 Å². The Morgan fingerprint density at radius 3 is 2.79 bits per heavy atom. The molecule has 0 saturated heterocycles. The average molecular weight is 385 g/mol. The lowest BCUT2D eigenvalue weighted by atomic mass is 10.1. The number of aromatic nitrogens is 2. The van der Waals surface area contributed by atoms with Crippen LogP contribution in [0.1, 0.15) is 63.7 Å². The molecule has 0 radical (unpaired) electrons. The predicted molar refractivity (Wildman–Crippen MR) is 111 cm³/mol. The molecule has 2 fully saturated rings. The lowest BCUT2D eigenvalue weighted by molar-refractivity contribution is -0.117. The fourth-order valence-electron chi connectivity index (χ4n) is 4.26. The van der Waals surface area contributed by atoms with Crippen LogP contribution in [0.15, 0.2) is 16.7 Å². The summed E-state index contributed by atoms with van der Waals surface area (Å²) >= 11 is 0. The Kier molecular flexibility index (Phi) is 4.89. The summed E-state index contributed by atoms with van der Waals surface area (Å²) in [7, 11) is 0. The summed E-state index contributed by atoms with van der Waals surface area (Å²) in [6, 6.07) is 4.13. The van der Waals surface area contributed by atoms with Crippen LogP contribution < -0.4 is 10.2 Å². The van der Waals surface area contributed by atoms with Crippen LogP contribution in [0.5, 0.6) is 0 Å². The van der Waals surface area contributed by atoms with Crippen LogP contribution in [0.3, 0.4) is 0 Å². The zero-order valence-corrected chi connectivity index (χ0v) is 17.3. The molecule has 1 spiro atoms. The minimum Gasteiger partial charge on any atom is -0.362 e. The van der Waals surface area contributed by atoms with Crippen LogP contribution in [-0.2, 0) is 17.8 Å². The number of hydrogen-bond acceptors (Lipinski definition) is 5. The second-order valence-corrected chi connectivity index (χ2v) is 8.19. The van der Waals surface area contributed by atoms with Gasteiger partial charge in [-0.15, -0.1) is 0 Å². The molecule has 2 aromatic rings. The molecule has 6 heteroatoms. The van der Waals surface area contributed by atoms with Crippen LogP contribution in [0, 0.1) is 25.2 Å². The number of aryl methyl sites for hydroxylation is 3. The van der Waals surface area contributed by atoms with Crippen molar-refractivity contribution >= 4 is 17.4 Å². The highest BCUT2D eigenvalue weighted by atomic mass is 16.5. The first kappa shape index (κ1) is 19.0. The highest BCUT2D eigenvalue weighted by Crippen LogP contribution is 2.70. The molecule has 2 aromatic heterocycles. The molecule has 5 rings (SSSR count). The van der Waals surface area contributed by atoms with Crippen LogP contribution >= 0.6 is 0 Å². The van der Waals surface area contributed by atoms with Gasteiger partial charge in [0.1, 0.15) is 5.82 Å². The molecule has 0 aromatic carbocycles. The number of hydrogen-bond donors (Lipinski definition) is 1. The van der Waals surface area contributed by atoms with Gasteiger partial charge in [-0.25, -0.2) is 4.98 Å². The summed E-state index contributed by atoms with van der Waals surface area (Å²) in [6.45, 7) is 9.63. The fraction of sp³-hybridized carbons (Fsp3) is 0.591. The average Bonchev–Trinajstić information content (AvgIpc) is 3.59. The molecule has 3 aliphatic rings. The van der Waals surface area contributed by atoms with E-state index in [9.17, 15) is 4.79 Å². The molecule has 152 valence electrons. The van der Waals surface area contributed by atoms with Crippen molar-refractivity contribution in [1.82, 2.24) is 10.1 Å². The van der Waals surface area contributed by atoms with E-state index in [2.05, 4.69) is 21.4 Å². The first-order chi connectivity index (χ1) is 13.5. The standard InChI is InChI=1S/C20H24N4O2.C2H6.H2/c1-12-8-17-16(4-3-7-24(17)11-14-9-13(2)23-26-14)21-18(12)22-19(25)15-10-20(15)5-6-20;1-2;/h8-9,15H,3-7,10-11H2,1-2H3,(H,21,22,25);1-2H3;1H. The number of nitrogens with zero attached hydrogens (tertiary/aromatic N) is 3. The molecule has 2 aliphatic carbocycles. The molecule has 1 N–H and O–H groups in total. The van der Waals surface area contributed by atoms with Crippen molar-refractivity contribution in [1.29, 1.82) is 0 Å². The lowest BCUT2D eigenvalue weighted by Gasteiger charge is -2.30. The van der Waals surface area contributed by atoms with Gasteiger partial charge in [-0.2, -0.15) is 0 Å². The summed E-state index contributed by atoms with van der Waals surface area (Å²) in [5, 5.41) is 7.07. The Balaban J connectivity index is 0.000000778. The van der Waals surface area contributed by atoms with E-state index >= 15 is 0 Å². The SMILES string of the molecule is CC.Cc1cc(CN2CCCc3nc(NC(=O)C4CC45CC5)c(C)cc32)on1.[HH]. The zero-order valence-electron chi connectivity index (χ0n) is 17.3. The zero-order chi connectivity index (χ0) is 19.9. The number of rotatable bonds is 4. The van der Waals surface area contributed by atoms with Gasteiger partial charge in [-0.1, -0.05) is 19.0 Å². The summed E-state index contributed by atoms with van der Waals surface area (Å²) in [6.07, 6.45) is 5.50. The molecule has 2 saturated carbocycles. The van der Waals surface area contributed by atoms with Gasteiger partial charge >= 0.3 is 0 Å². The monoisotopic (exact) mass is 384 g/mol. The van der Waals surface area contributed by atoms with E-state index < -0.39 is 0 Å². The van der Waals surface area contributed by atoms with Crippen LogP contribution in [0.2, 0.25) is 0 Å². The number of amides is 1. The van der Waals surface area contributed by atoms with Crippen molar-refractivity contribution in [2.75, 3.05) is 16.8 Å². The number of pyridine rings is 1. The molecule has 28 heavy (non-hydrogen) atoms. The molecule has 1 aliphatic heterocycles. The third-order valence-electron chi connectivity index (χ3n) is 6.11. The van der Waals surface area contributed by atoms with Gasteiger partial charge in [0, 0.05) is 20.0 Å². The Labute approximate surface area is 168 Å². The summed E-state index contributed by atoms with van der Waals surface area (Å²) < 4.78 is 5.38. The first-order valence-electron chi connectivity index (χ1n) is 10.5. The van der Waals surface area contributed by atoms with Gasteiger partial charge in [0.15, 0.2) is 5.76 Å². The topological polar surface area (TPSA) is 71.3 Å². The lowest BCUT2D eigenvalue weighted by Crippen LogP contribution is -2.30. The number of carbonyl (C=O) groups is 1. The maximum Gasteiger partial charge on any atom is 0.229 e. The van der Waals surface area contributed by atoms with Crippen LogP contribution in [0.25, 0.3) is 0 Å². The highest BCUT2D eigenvalue weighted by molar-refractivity contribution is 5.95. The van der Waals surface area contributed by atoms with E-state index in [1.165, 1.54) is 12.8 Å². The molecule has 3 heterocycles. The van der Waals surface area contributed by atoms with Crippen molar-refractivity contribution in [3.05, 3.63) is 34.8 Å². The molecule has 1 unspecified atom stereocenters. The second-order valence-electron chi connectivity index (χ2n) is 8.19. The van der Waals surface area contributed by atoms with E-state index in [0.29, 0.717) is 12.0 Å². The molecule has 1 amide bonds. The summed E-state index contributed by atoms with van der Waals surface area (Å²) in [5.74, 6) is 1.97. The summed E-state index contributed by atoms with van der Waals surface area (Å²) in [4.78, 5) is 19.6. The van der Waals surface area contributed by atoms with E-state index in [0.717, 1.165) is 60.0 Å². The van der Waals surface area contributed by atoms with Gasteiger partial charge in [0.25, 0.3) is 0 Å².